The van der Waals surface area contributed by atoms with Crippen molar-refractivity contribution in [2.75, 3.05) is 37.8 Å². The zero-order valence-corrected chi connectivity index (χ0v) is 10.4. The van der Waals surface area contributed by atoms with Crippen LogP contribution >= 0.6 is 11.8 Å². The number of hydrogen-bond acceptors (Lipinski definition) is 4. The van der Waals surface area contributed by atoms with Gasteiger partial charge in [-0.05, 0) is 18.6 Å². The third-order valence-electron chi connectivity index (χ3n) is 3.77. The van der Waals surface area contributed by atoms with Gasteiger partial charge in [-0.15, -0.1) is 0 Å². The van der Waals surface area contributed by atoms with Crippen LogP contribution in [0.3, 0.4) is 0 Å². The maximum atomic E-state index is 6.02. The minimum absolute atomic E-state index is 0.273. The molecule has 4 heteroatoms. The molecule has 2 aliphatic heterocycles. The highest BCUT2D eigenvalue weighted by atomic mass is 32.2. The number of ether oxygens (including phenoxy) is 1. The molecule has 2 aliphatic rings. The van der Waals surface area contributed by atoms with E-state index in [1.165, 1.54) is 24.3 Å². The third kappa shape index (κ3) is 2.18. The van der Waals surface area contributed by atoms with Crippen LogP contribution in [-0.4, -0.2) is 54.3 Å². The topological polar surface area (TPSA) is 38.5 Å². The van der Waals surface area contributed by atoms with E-state index < -0.39 is 0 Å². The molecule has 2 fully saturated rings. The first kappa shape index (κ1) is 11.7. The second-order valence-electron chi connectivity index (χ2n) is 4.56. The van der Waals surface area contributed by atoms with Crippen molar-refractivity contribution in [1.82, 2.24) is 4.90 Å². The van der Waals surface area contributed by atoms with E-state index in [0.29, 0.717) is 6.04 Å². The summed E-state index contributed by atoms with van der Waals surface area (Å²) in [4.78, 5) is 2.64. The van der Waals surface area contributed by atoms with E-state index in [4.69, 9.17) is 10.5 Å². The van der Waals surface area contributed by atoms with Crippen molar-refractivity contribution >= 4 is 11.8 Å². The van der Waals surface area contributed by atoms with Gasteiger partial charge in [0.05, 0.1) is 13.2 Å². The Bertz CT molecular complexity index is 207. The van der Waals surface area contributed by atoms with Gasteiger partial charge >= 0.3 is 0 Å². The summed E-state index contributed by atoms with van der Waals surface area (Å²) in [5.41, 5.74) is 6.29. The summed E-state index contributed by atoms with van der Waals surface area (Å²) < 4.78 is 5.56. The van der Waals surface area contributed by atoms with Crippen LogP contribution in [0.15, 0.2) is 0 Å². The summed E-state index contributed by atoms with van der Waals surface area (Å²) in [6.45, 7) is 5.89. The van der Waals surface area contributed by atoms with E-state index in [0.717, 1.165) is 26.3 Å². The van der Waals surface area contributed by atoms with E-state index in [1.807, 2.05) is 11.8 Å². The van der Waals surface area contributed by atoms with Crippen LogP contribution in [0.4, 0.5) is 0 Å². The smallest absolute Gasteiger partial charge is 0.0622 e. The lowest BCUT2D eigenvalue weighted by molar-refractivity contribution is -0.0558. The van der Waals surface area contributed by atoms with E-state index in [-0.39, 0.29) is 5.54 Å². The Morgan fingerprint density at radius 1 is 1.60 bits per heavy atom. The summed E-state index contributed by atoms with van der Waals surface area (Å²) in [5, 5.41) is 0. The Balaban J connectivity index is 2.10. The van der Waals surface area contributed by atoms with Crippen LogP contribution in [-0.2, 0) is 4.74 Å². The zero-order valence-electron chi connectivity index (χ0n) is 9.58. The predicted molar refractivity (Wildman–Crippen MR) is 65.3 cm³/mol. The Labute approximate surface area is 96.7 Å². The number of nitrogens with two attached hydrogens (primary N) is 1. The van der Waals surface area contributed by atoms with Gasteiger partial charge in [-0.3, -0.25) is 4.90 Å². The van der Waals surface area contributed by atoms with Gasteiger partial charge in [-0.2, -0.15) is 11.8 Å². The van der Waals surface area contributed by atoms with Gasteiger partial charge in [0.2, 0.25) is 0 Å². The summed E-state index contributed by atoms with van der Waals surface area (Å²) >= 11 is 2.05. The number of nitrogens with zero attached hydrogens (tertiary/aromatic N) is 1. The molecule has 2 unspecified atom stereocenters. The number of thioether (sulfide) groups is 1. The summed E-state index contributed by atoms with van der Waals surface area (Å²) in [6, 6.07) is 0.584. The van der Waals surface area contributed by atoms with E-state index in [2.05, 4.69) is 11.8 Å². The van der Waals surface area contributed by atoms with Gasteiger partial charge in [0.1, 0.15) is 0 Å². The molecular weight excluding hydrogens is 208 g/mol. The maximum absolute atomic E-state index is 6.02. The molecule has 0 aromatic heterocycles. The van der Waals surface area contributed by atoms with Crippen LogP contribution in [0.25, 0.3) is 0 Å². The van der Waals surface area contributed by atoms with E-state index in [9.17, 15) is 0 Å². The molecule has 2 atom stereocenters. The standard InChI is InChI=1S/C11H22N2OS/c1-2-10-7-14-5-4-13(10)11(8-12)3-6-15-9-11/h10H,2-9,12H2,1H3. The summed E-state index contributed by atoms with van der Waals surface area (Å²) in [7, 11) is 0. The SMILES string of the molecule is CCC1COCCN1C1(CN)CCSC1. The molecule has 2 heterocycles. The molecule has 0 aromatic rings. The van der Waals surface area contributed by atoms with Crippen molar-refractivity contribution in [2.45, 2.75) is 31.3 Å². The van der Waals surface area contributed by atoms with Crippen LogP contribution in [0.5, 0.6) is 0 Å². The minimum Gasteiger partial charge on any atom is -0.378 e. The Morgan fingerprint density at radius 2 is 2.47 bits per heavy atom. The van der Waals surface area contributed by atoms with Crippen LogP contribution < -0.4 is 5.73 Å². The fraction of sp³-hybridized carbons (Fsp3) is 1.00. The van der Waals surface area contributed by atoms with Crippen LogP contribution in [0, 0.1) is 0 Å². The van der Waals surface area contributed by atoms with E-state index in [1.54, 1.807) is 0 Å². The third-order valence-corrected chi connectivity index (χ3v) is 5.00. The van der Waals surface area contributed by atoms with Crippen molar-refractivity contribution in [2.24, 2.45) is 5.73 Å². The molecule has 88 valence electrons. The fourth-order valence-electron chi connectivity index (χ4n) is 2.72. The molecule has 0 amide bonds. The zero-order chi connectivity index (χ0) is 10.7. The van der Waals surface area contributed by atoms with Crippen molar-refractivity contribution < 1.29 is 4.74 Å². The first-order chi connectivity index (χ1) is 7.32. The van der Waals surface area contributed by atoms with Crippen LogP contribution in [0.2, 0.25) is 0 Å². The molecular formula is C11H22N2OS. The molecule has 0 aromatic carbocycles. The molecule has 0 spiro atoms. The number of rotatable bonds is 3. The molecule has 3 nitrogen and oxygen atoms in total. The van der Waals surface area contributed by atoms with Gasteiger partial charge < -0.3 is 10.5 Å². The van der Waals surface area contributed by atoms with Crippen LogP contribution in [0.1, 0.15) is 19.8 Å². The fourth-order valence-corrected chi connectivity index (χ4v) is 4.20. The molecule has 2 saturated heterocycles. The molecule has 0 radical (unpaired) electrons. The van der Waals surface area contributed by atoms with Crippen molar-refractivity contribution in [3.8, 4) is 0 Å². The molecule has 0 saturated carbocycles. The van der Waals surface area contributed by atoms with E-state index >= 15 is 0 Å². The van der Waals surface area contributed by atoms with Gasteiger partial charge in [-0.25, -0.2) is 0 Å². The minimum atomic E-state index is 0.273. The Hall–Kier alpha value is 0.230. The molecule has 0 bridgehead atoms. The second kappa shape index (κ2) is 5.04. The first-order valence-electron chi connectivity index (χ1n) is 5.95. The summed E-state index contributed by atoms with van der Waals surface area (Å²) in [5.74, 6) is 2.48. The van der Waals surface area contributed by atoms with Gasteiger partial charge in [0.15, 0.2) is 0 Å². The van der Waals surface area contributed by atoms with Gasteiger partial charge in [0, 0.05) is 30.4 Å². The quantitative estimate of drug-likeness (QED) is 0.783. The molecule has 15 heavy (non-hydrogen) atoms. The Morgan fingerprint density at radius 3 is 3.07 bits per heavy atom. The Kier molecular flexibility index (Phi) is 3.93. The maximum Gasteiger partial charge on any atom is 0.0622 e. The van der Waals surface area contributed by atoms with Crippen molar-refractivity contribution in [1.29, 1.82) is 0 Å². The lowest BCUT2D eigenvalue weighted by Crippen LogP contribution is -2.61. The average molecular weight is 230 g/mol. The lowest BCUT2D eigenvalue weighted by atomic mass is 9.93. The van der Waals surface area contributed by atoms with Gasteiger partial charge in [-0.1, -0.05) is 6.92 Å². The average Bonchev–Trinajstić information content (AvgIpc) is 2.79. The highest BCUT2D eigenvalue weighted by molar-refractivity contribution is 7.99. The molecule has 2 N–H and O–H groups in total. The number of hydrogen-bond donors (Lipinski definition) is 1. The molecule has 2 rings (SSSR count). The number of morpholine rings is 1. The first-order valence-corrected chi connectivity index (χ1v) is 7.10. The normalized spacial score (nSPS) is 38.4. The lowest BCUT2D eigenvalue weighted by Gasteiger charge is -2.47. The summed E-state index contributed by atoms with van der Waals surface area (Å²) in [6.07, 6.45) is 2.43. The largest absolute Gasteiger partial charge is 0.378 e. The monoisotopic (exact) mass is 230 g/mol. The van der Waals surface area contributed by atoms with Crippen molar-refractivity contribution in [3.05, 3.63) is 0 Å². The second-order valence-corrected chi connectivity index (χ2v) is 5.67. The highest BCUT2D eigenvalue weighted by Gasteiger charge is 2.42. The molecule has 0 aliphatic carbocycles. The predicted octanol–water partition coefficient (Wildman–Crippen LogP) is 0.932. The highest BCUT2D eigenvalue weighted by Crippen LogP contribution is 2.35. The van der Waals surface area contributed by atoms with Gasteiger partial charge in [0.25, 0.3) is 0 Å². The van der Waals surface area contributed by atoms with Crippen molar-refractivity contribution in [3.63, 3.8) is 0 Å².